The number of nitrogens with one attached hydrogen (secondary N) is 2. The van der Waals surface area contributed by atoms with Gasteiger partial charge in [0.1, 0.15) is 0 Å². The zero-order chi connectivity index (χ0) is 19.9. The summed E-state index contributed by atoms with van der Waals surface area (Å²) in [6.07, 6.45) is 3.23. The molecule has 5 nitrogen and oxygen atoms in total. The summed E-state index contributed by atoms with van der Waals surface area (Å²) in [6, 6.07) is 17.6. The van der Waals surface area contributed by atoms with Crippen molar-refractivity contribution in [2.24, 2.45) is 5.92 Å². The molecular formula is C20H27N3O2S2. The van der Waals surface area contributed by atoms with Crippen LogP contribution >= 0.6 is 12.2 Å². The highest BCUT2D eigenvalue weighted by atomic mass is 32.2. The van der Waals surface area contributed by atoms with Gasteiger partial charge in [-0.1, -0.05) is 49.7 Å². The van der Waals surface area contributed by atoms with Crippen LogP contribution in [-0.4, -0.2) is 33.4 Å². The minimum atomic E-state index is -3.30. The van der Waals surface area contributed by atoms with Crippen LogP contribution in [0.5, 0.6) is 0 Å². The maximum atomic E-state index is 11.7. The third-order valence-electron chi connectivity index (χ3n) is 4.46. The molecule has 0 aliphatic rings. The van der Waals surface area contributed by atoms with E-state index in [2.05, 4.69) is 41.8 Å². The summed E-state index contributed by atoms with van der Waals surface area (Å²) in [5.41, 5.74) is 2.65. The first-order valence-corrected chi connectivity index (χ1v) is 11.2. The van der Waals surface area contributed by atoms with Gasteiger partial charge >= 0.3 is 0 Å². The quantitative estimate of drug-likeness (QED) is 0.657. The van der Waals surface area contributed by atoms with Crippen LogP contribution in [0.1, 0.15) is 18.9 Å². The molecule has 1 atom stereocenters. The van der Waals surface area contributed by atoms with E-state index >= 15 is 0 Å². The number of anilines is 2. The lowest BCUT2D eigenvalue weighted by molar-refractivity contribution is 0.498. The molecule has 0 aromatic heterocycles. The summed E-state index contributed by atoms with van der Waals surface area (Å²) in [5.74, 6) is 0.481. The van der Waals surface area contributed by atoms with Crippen molar-refractivity contribution in [1.29, 1.82) is 0 Å². The van der Waals surface area contributed by atoms with E-state index in [-0.39, 0.29) is 0 Å². The predicted molar refractivity (Wildman–Crippen MR) is 118 cm³/mol. The molecule has 0 bridgehead atoms. The number of hydrogen-bond donors (Lipinski definition) is 2. The van der Waals surface area contributed by atoms with Crippen LogP contribution in [0.15, 0.2) is 54.6 Å². The largest absolute Gasteiger partial charge is 0.362 e. The molecule has 2 aromatic rings. The first-order valence-electron chi connectivity index (χ1n) is 8.92. The van der Waals surface area contributed by atoms with Crippen molar-refractivity contribution in [2.45, 2.75) is 19.8 Å². The SMILES string of the molecule is CC[C@H](CNC(=S)Nc1cccc(N(C)S(C)(=O)=O)c1)Cc1ccccc1. The van der Waals surface area contributed by atoms with E-state index in [1.54, 1.807) is 18.2 Å². The lowest BCUT2D eigenvalue weighted by Crippen LogP contribution is -2.33. The minimum absolute atomic E-state index is 0.481. The van der Waals surface area contributed by atoms with E-state index in [0.717, 1.165) is 25.1 Å². The van der Waals surface area contributed by atoms with Gasteiger partial charge in [-0.2, -0.15) is 0 Å². The summed E-state index contributed by atoms with van der Waals surface area (Å²) in [6.45, 7) is 2.95. The Hall–Kier alpha value is -2.12. The second-order valence-electron chi connectivity index (χ2n) is 6.58. The van der Waals surface area contributed by atoms with E-state index < -0.39 is 10.0 Å². The standard InChI is InChI=1S/C20H27N3O2S2/c1-4-16(13-17-9-6-5-7-10-17)15-21-20(26)22-18-11-8-12-19(14-18)23(2)27(3,24)25/h5-12,14,16H,4,13,15H2,1-3H3,(H2,21,22,26)/t16-/m0/s1. The molecule has 0 aliphatic heterocycles. The minimum Gasteiger partial charge on any atom is -0.362 e. The zero-order valence-corrected chi connectivity index (χ0v) is 17.6. The van der Waals surface area contributed by atoms with E-state index in [0.29, 0.717) is 16.7 Å². The molecule has 2 rings (SSSR count). The molecule has 0 saturated carbocycles. The second-order valence-corrected chi connectivity index (χ2v) is 9.00. The molecule has 27 heavy (non-hydrogen) atoms. The topological polar surface area (TPSA) is 61.4 Å². The molecule has 0 unspecified atom stereocenters. The van der Waals surface area contributed by atoms with Gasteiger partial charge in [-0.25, -0.2) is 8.42 Å². The average Bonchev–Trinajstić information content (AvgIpc) is 2.64. The number of rotatable bonds is 8. The van der Waals surface area contributed by atoms with Crippen LogP contribution in [-0.2, 0) is 16.4 Å². The van der Waals surface area contributed by atoms with Crippen LogP contribution in [0, 0.1) is 5.92 Å². The van der Waals surface area contributed by atoms with Gasteiger partial charge in [0.2, 0.25) is 10.0 Å². The zero-order valence-electron chi connectivity index (χ0n) is 16.0. The molecule has 146 valence electrons. The molecular weight excluding hydrogens is 378 g/mol. The maximum Gasteiger partial charge on any atom is 0.231 e. The third kappa shape index (κ3) is 6.84. The second kappa shape index (κ2) is 9.71. The molecule has 0 saturated heterocycles. The van der Waals surface area contributed by atoms with Crippen molar-refractivity contribution in [3.8, 4) is 0 Å². The van der Waals surface area contributed by atoms with Gasteiger partial charge in [-0.15, -0.1) is 0 Å². The van der Waals surface area contributed by atoms with Crippen molar-refractivity contribution in [3.05, 3.63) is 60.2 Å². The van der Waals surface area contributed by atoms with Crippen molar-refractivity contribution in [2.75, 3.05) is 29.5 Å². The number of benzene rings is 2. The molecule has 0 spiro atoms. The van der Waals surface area contributed by atoms with Crippen molar-refractivity contribution >= 4 is 38.7 Å². The van der Waals surface area contributed by atoms with E-state index in [4.69, 9.17) is 12.2 Å². The smallest absolute Gasteiger partial charge is 0.231 e. The Morgan fingerprint density at radius 1 is 1.15 bits per heavy atom. The molecule has 2 aromatic carbocycles. The Labute approximate surface area is 167 Å². The van der Waals surface area contributed by atoms with Crippen LogP contribution in [0.4, 0.5) is 11.4 Å². The number of nitrogens with zero attached hydrogens (tertiary/aromatic N) is 1. The number of hydrogen-bond acceptors (Lipinski definition) is 3. The highest BCUT2D eigenvalue weighted by Gasteiger charge is 2.12. The summed E-state index contributed by atoms with van der Waals surface area (Å²) in [7, 11) is -1.77. The summed E-state index contributed by atoms with van der Waals surface area (Å²) in [5, 5.41) is 6.93. The Morgan fingerprint density at radius 2 is 1.85 bits per heavy atom. The van der Waals surface area contributed by atoms with E-state index in [1.165, 1.54) is 23.2 Å². The monoisotopic (exact) mass is 405 g/mol. The summed E-state index contributed by atoms with van der Waals surface area (Å²) < 4.78 is 24.6. The lowest BCUT2D eigenvalue weighted by atomic mass is 9.97. The third-order valence-corrected chi connectivity index (χ3v) is 5.91. The molecule has 0 heterocycles. The van der Waals surface area contributed by atoms with Gasteiger partial charge in [-0.3, -0.25) is 4.31 Å². The number of thiocarbonyl (C=S) groups is 1. The lowest BCUT2D eigenvalue weighted by Gasteiger charge is -2.19. The Bertz CT molecular complexity index is 855. The van der Waals surface area contributed by atoms with Crippen molar-refractivity contribution in [1.82, 2.24) is 5.32 Å². The van der Waals surface area contributed by atoms with Crippen LogP contribution in [0.2, 0.25) is 0 Å². The molecule has 0 radical (unpaired) electrons. The van der Waals surface area contributed by atoms with Gasteiger partial charge in [0.05, 0.1) is 11.9 Å². The molecule has 0 amide bonds. The van der Waals surface area contributed by atoms with Crippen LogP contribution < -0.4 is 14.9 Å². The normalized spacial score (nSPS) is 12.3. The Morgan fingerprint density at radius 3 is 2.48 bits per heavy atom. The highest BCUT2D eigenvalue weighted by molar-refractivity contribution is 7.92. The fourth-order valence-corrected chi connectivity index (χ4v) is 3.39. The molecule has 7 heteroatoms. The van der Waals surface area contributed by atoms with Crippen LogP contribution in [0.25, 0.3) is 0 Å². The van der Waals surface area contributed by atoms with Gasteiger partial charge in [0.25, 0.3) is 0 Å². The van der Waals surface area contributed by atoms with Gasteiger partial charge < -0.3 is 10.6 Å². The Kier molecular flexibility index (Phi) is 7.62. The molecule has 2 N–H and O–H groups in total. The van der Waals surface area contributed by atoms with Gasteiger partial charge in [0, 0.05) is 19.3 Å². The van der Waals surface area contributed by atoms with Gasteiger partial charge in [0.15, 0.2) is 5.11 Å². The van der Waals surface area contributed by atoms with Gasteiger partial charge in [-0.05, 0) is 48.3 Å². The first-order chi connectivity index (χ1) is 12.8. The maximum absolute atomic E-state index is 11.7. The fraction of sp³-hybridized carbons (Fsp3) is 0.350. The first kappa shape index (κ1) is 21.2. The van der Waals surface area contributed by atoms with Crippen LogP contribution in [0.3, 0.4) is 0 Å². The highest BCUT2D eigenvalue weighted by Crippen LogP contribution is 2.20. The Balaban J connectivity index is 1.91. The molecule has 0 aliphatic carbocycles. The summed E-state index contributed by atoms with van der Waals surface area (Å²) in [4.78, 5) is 0. The molecule has 0 fully saturated rings. The fourth-order valence-electron chi connectivity index (χ4n) is 2.69. The van der Waals surface area contributed by atoms with Crippen molar-refractivity contribution in [3.63, 3.8) is 0 Å². The van der Waals surface area contributed by atoms with E-state index in [9.17, 15) is 8.42 Å². The number of sulfonamides is 1. The van der Waals surface area contributed by atoms with Crippen molar-refractivity contribution < 1.29 is 8.42 Å². The predicted octanol–water partition coefficient (Wildman–Crippen LogP) is 3.64. The average molecular weight is 406 g/mol. The summed E-state index contributed by atoms with van der Waals surface area (Å²) >= 11 is 5.40. The van der Waals surface area contributed by atoms with E-state index in [1.807, 2.05) is 12.1 Å².